The Balaban J connectivity index is 2.07. The minimum atomic E-state index is -1.00. The van der Waals surface area contributed by atoms with Crippen LogP contribution < -0.4 is 10.1 Å². The molecule has 1 aromatic heterocycles. The van der Waals surface area contributed by atoms with E-state index in [1.807, 2.05) is 6.07 Å². The van der Waals surface area contributed by atoms with Crippen LogP contribution in [0.5, 0.6) is 5.88 Å². The van der Waals surface area contributed by atoms with Crippen molar-refractivity contribution >= 4 is 17.7 Å². The molecule has 0 spiro atoms. The number of nitrogens with one attached hydrogen (secondary N) is 1. The van der Waals surface area contributed by atoms with E-state index in [4.69, 9.17) is 9.84 Å². The van der Waals surface area contributed by atoms with E-state index in [1.54, 1.807) is 13.3 Å². The molecule has 23 heavy (non-hydrogen) atoms. The van der Waals surface area contributed by atoms with Gasteiger partial charge in [-0.1, -0.05) is 38.0 Å². The summed E-state index contributed by atoms with van der Waals surface area (Å²) in [5.74, 6) is 0.188. The Kier molecular flexibility index (Phi) is 6.20. The van der Waals surface area contributed by atoms with Crippen LogP contribution in [-0.4, -0.2) is 29.7 Å². The molecule has 5 heteroatoms. The maximum atomic E-state index is 10.8. The first-order chi connectivity index (χ1) is 11.1. The van der Waals surface area contributed by atoms with Crippen LogP contribution in [0.2, 0.25) is 0 Å². The monoisotopic (exact) mass is 316 g/mol. The van der Waals surface area contributed by atoms with Crippen molar-refractivity contribution in [3.8, 4) is 5.88 Å². The van der Waals surface area contributed by atoms with Crippen molar-refractivity contribution in [2.75, 3.05) is 19.0 Å². The number of allylic oxidation sites excluding steroid dienone is 1. The highest BCUT2D eigenvalue weighted by molar-refractivity contribution is 5.86. The van der Waals surface area contributed by atoms with E-state index in [-0.39, 0.29) is 12.1 Å². The number of rotatable bonds is 7. The second kappa shape index (κ2) is 8.36. The van der Waals surface area contributed by atoms with Crippen molar-refractivity contribution in [2.24, 2.45) is 5.92 Å². The van der Waals surface area contributed by atoms with Crippen molar-refractivity contribution in [3.63, 3.8) is 0 Å². The molecular weight excluding hydrogens is 292 g/mol. The van der Waals surface area contributed by atoms with Crippen LogP contribution in [0.15, 0.2) is 30.5 Å². The summed E-state index contributed by atoms with van der Waals surface area (Å²) in [5.41, 5.74) is 1.75. The number of nitrogens with zero attached hydrogens (tertiary/aromatic N) is 1. The molecular formula is C18H24N2O3. The summed E-state index contributed by atoms with van der Waals surface area (Å²) >= 11 is 0. The number of carbonyl (C=O) groups is 1. The third kappa shape index (κ3) is 5.13. The molecule has 0 saturated heterocycles. The van der Waals surface area contributed by atoms with Crippen LogP contribution in [0.3, 0.4) is 0 Å². The average Bonchev–Trinajstić information content (AvgIpc) is 2.58. The molecule has 5 nitrogen and oxygen atoms in total. The minimum Gasteiger partial charge on any atom is -0.481 e. The molecule has 0 radical (unpaired) electrons. The summed E-state index contributed by atoms with van der Waals surface area (Å²) < 4.78 is 5.30. The van der Waals surface area contributed by atoms with Gasteiger partial charge >= 0.3 is 5.97 Å². The normalized spacial score (nSPS) is 15.5. The maximum Gasteiger partial charge on any atom is 0.332 e. The number of anilines is 1. The highest BCUT2D eigenvalue weighted by Crippen LogP contribution is 2.27. The van der Waals surface area contributed by atoms with Crippen LogP contribution >= 0.6 is 0 Å². The molecule has 1 aromatic rings. The molecule has 2 N–H and O–H groups in total. The van der Waals surface area contributed by atoms with E-state index in [0.29, 0.717) is 11.8 Å². The summed E-state index contributed by atoms with van der Waals surface area (Å²) in [6, 6.07) is 1.92. The second-order valence-electron chi connectivity index (χ2n) is 5.84. The standard InChI is InChI=1S/C18H24N2O3/c1-13(18(21)22)11-19-16-10-15(17(23-2)20-12-16)9-8-14-6-4-3-5-7-14/h8-10,12,14,19H,1,3-7,11H2,2H3,(H,21,22)/b9-8+. The molecule has 0 unspecified atom stereocenters. The summed E-state index contributed by atoms with van der Waals surface area (Å²) in [6.07, 6.45) is 12.3. The molecule has 0 bridgehead atoms. The molecule has 1 heterocycles. The van der Waals surface area contributed by atoms with E-state index in [0.717, 1.165) is 11.3 Å². The van der Waals surface area contributed by atoms with Crippen LogP contribution in [-0.2, 0) is 4.79 Å². The summed E-state index contributed by atoms with van der Waals surface area (Å²) in [5, 5.41) is 11.9. The average molecular weight is 316 g/mol. The van der Waals surface area contributed by atoms with Gasteiger partial charge in [-0.2, -0.15) is 0 Å². The van der Waals surface area contributed by atoms with Crippen molar-refractivity contribution < 1.29 is 14.6 Å². The van der Waals surface area contributed by atoms with E-state index in [2.05, 4.69) is 29.0 Å². The fourth-order valence-electron chi connectivity index (χ4n) is 2.71. The number of carboxylic acids is 1. The minimum absolute atomic E-state index is 0.111. The highest BCUT2D eigenvalue weighted by atomic mass is 16.5. The quantitative estimate of drug-likeness (QED) is 0.750. The predicted octanol–water partition coefficient (Wildman–Crippen LogP) is 3.74. The van der Waals surface area contributed by atoms with Crippen LogP contribution in [0.1, 0.15) is 37.7 Å². The second-order valence-corrected chi connectivity index (χ2v) is 5.84. The van der Waals surface area contributed by atoms with Gasteiger partial charge in [-0.05, 0) is 24.8 Å². The van der Waals surface area contributed by atoms with Gasteiger partial charge in [0.1, 0.15) is 0 Å². The molecule has 124 valence electrons. The Labute approximate surface area is 137 Å². The van der Waals surface area contributed by atoms with E-state index < -0.39 is 5.97 Å². The maximum absolute atomic E-state index is 10.8. The molecule has 0 aromatic carbocycles. The first kappa shape index (κ1) is 17.1. The zero-order chi connectivity index (χ0) is 16.7. The van der Waals surface area contributed by atoms with E-state index in [1.165, 1.54) is 32.1 Å². The zero-order valence-electron chi connectivity index (χ0n) is 13.5. The SMILES string of the molecule is C=C(CNc1cnc(OC)c(/C=C/C2CCCCC2)c1)C(=O)O. The molecule has 1 aliphatic rings. The lowest BCUT2D eigenvalue weighted by molar-refractivity contribution is -0.132. The Hall–Kier alpha value is -2.30. The first-order valence-corrected chi connectivity index (χ1v) is 7.97. The largest absolute Gasteiger partial charge is 0.481 e. The summed E-state index contributed by atoms with van der Waals surface area (Å²) in [6.45, 7) is 3.68. The number of hydrogen-bond donors (Lipinski definition) is 2. The molecule has 1 fully saturated rings. The third-order valence-corrected chi connectivity index (χ3v) is 4.08. The van der Waals surface area contributed by atoms with Gasteiger partial charge in [-0.15, -0.1) is 0 Å². The number of ether oxygens (including phenoxy) is 1. The number of aromatic nitrogens is 1. The van der Waals surface area contributed by atoms with E-state index >= 15 is 0 Å². The summed E-state index contributed by atoms with van der Waals surface area (Å²) in [4.78, 5) is 15.0. The Morgan fingerprint density at radius 1 is 1.48 bits per heavy atom. The van der Waals surface area contributed by atoms with E-state index in [9.17, 15) is 4.79 Å². The number of methoxy groups -OCH3 is 1. The van der Waals surface area contributed by atoms with Gasteiger partial charge in [0.15, 0.2) is 0 Å². The van der Waals surface area contributed by atoms with Gasteiger partial charge in [-0.25, -0.2) is 9.78 Å². The molecule has 1 aliphatic carbocycles. The molecule has 0 amide bonds. The van der Waals surface area contributed by atoms with Crippen LogP contribution in [0, 0.1) is 5.92 Å². The van der Waals surface area contributed by atoms with Gasteiger partial charge in [-0.3, -0.25) is 0 Å². The number of aliphatic carboxylic acids is 1. The lowest BCUT2D eigenvalue weighted by Crippen LogP contribution is -2.11. The number of carboxylic acid groups (broad SMARTS) is 1. The van der Waals surface area contributed by atoms with Gasteiger partial charge in [0.2, 0.25) is 5.88 Å². The zero-order valence-corrected chi connectivity index (χ0v) is 13.5. The van der Waals surface area contributed by atoms with Crippen LogP contribution in [0.25, 0.3) is 6.08 Å². The lowest BCUT2D eigenvalue weighted by Gasteiger charge is -2.18. The summed E-state index contributed by atoms with van der Waals surface area (Å²) in [7, 11) is 1.60. The topological polar surface area (TPSA) is 71.5 Å². The molecule has 2 rings (SSSR count). The van der Waals surface area contributed by atoms with Gasteiger partial charge in [0, 0.05) is 17.7 Å². The Morgan fingerprint density at radius 2 is 2.22 bits per heavy atom. The van der Waals surface area contributed by atoms with Crippen molar-refractivity contribution in [2.45, 2.75) is 32.1 Å². The van der Waals surface area contributed by atoms with Crippen molar-refractivity contribution in [3.05, 3.63) is 36.1 Å². The Morgan fingerprint density at radius 3 is 2.87 bits per heavy atom. The third-order valence-electron chi connectivity index (χ3n) is 4.08. The number of hydrogen-bond acceptors (Lipinski definition) is 4. The predicted molar refractivity (Wildman–Crippen MR) is 91.7 cm³/mol. The highest BCUT2D eigenvalue weighted by Gasteiger charge is 2.11. The fraction of sp³-hybridized carbons (Fsp3) is 0.444. The van der Waals surface area contributed by atoms with Gasteiger partial charge < -0.3 is 15.2 Å². The lowest BCUT2D eigenvalue weighted by atomic mass is 9.89. The van der Waals surface area contributed by atoms with Gasteiger partial charge in [0.25, 0.3) is 0 Å². The van der Waals surface area contributed by atoms with Crippen LogP contribution in [0.4, 0.5) is 5.69 Å². The Bertz CT molecular complexity index is 590. The smallest absolute Gasteiger partial charge is 0.332 e. The van der Waals surface area contributed by atoms with Crippen molar-refractivity contribution in [1.29, 1.82) is 0 Å². The first-order valence-electron chi connectivity index (χ1n) is 7.97. The molecule has 0 aliphatic heterocycles. The fourth-order valence-corrected chi connectivity index (χ4v) is 2.71. The number of pyridine rings is 1. The van der Waals surface area contributed by atoms with Gasteiger partial charge in [0.05, 0.1) is 19.0 Å². The molecule has 0 atom stereocenters. The van der Waals surface area contributed by atoms with Crippen molar-refractivity contribution in [1.82, 2.24) is 4.98 Å². The molecule has 1 saturated carbocycles.